The molecule has 1 unspecified atom stereocenters. The van der Waals surface area contributed by atoms with Crippen LogP contribution in [0.5, 0.6) is 11.5 Å². The van der Waals surface area contributed by atoms with Crippen LogP contribution in [0.3, 0.4) is 0 Å². The molecular formula is C25H26FN3O4. The number of hydrogen-bond donors (Lipinski definition) is 1. The number of carbonyl (C=O) groups excluding carboxylic acids is 2. The minimum atomic E-state index is -0.632. The molecule has 2 aliphatic heterocycles. The monoisotopic (exact) mass is 451 g/mol. The molecule has 2 aromatic carbocycles. The molecule has 3 amide bonds. The van der Waals surface area contributed by atoms with Gasteiger partial charge in [0.05, 0.1) is 38.1 Å². The lowest BCUT2D eigenvalue weighted by molar-refractivity contribution is -0.125. The molecule has 2 aromatic rings. The van der Waals surface area contributed by atoms with Gasteiger partial charge in [0.1, 0.15) is 5.82 Å². The van der Waals surface area contributed by atoms with Crippen molar-refractivity contribution in [3.05, 3.63) is 83.3 Å². The van der Waals surface area contributed by atoms with E-state index in [0.29, 0.717) is 47.8 Å². The highest BCUT2D eigenvalue weighted by Gasteiger charge is 2.43. The first-order valence-corrected chi connectivity index (χ1v) is 10.6. The Balaban J connectivity index is 1.58. The quantitative estimate of drug-likeness (QED) is 0.625. The second-order valence-electron chi connectivity index (χ2n) is 7.86. The largest absolute Gasteiger partial charge is 0.493 e. The first-order chi connectivity index (χ1) is 16.0. The predicted octanol–water partition coefficient (Wildman–Crippen LogP) is 3.43. The zero-order valence-corrected chi connectivity index (χ0v) is 18.6. The van der Waals surface area contributed by atoms with E-state index in [1.165, 1.54) is 17.0 Å². The molecule has 7 nitrogen and oxygen atoms in total. The summed E-state index contributed by atoms with van der Waals surface area (Å²) in [5.41, 5.74) is 2.82. The molecule has 4 rings (SSSR count). The summed E-state index contributed by atoms with van der Waals surface area (Å²) in [4.78, 5) is 29.5. The standard InChI is InChI=1S/C25H26FN3O4/c1-4-12-29-19-15-28(13-11-16-5-10-20(32-2)21(14-16)33-3)24(30)22(19)23(27-25(29)31)17-6-8-18(26)9-7-17/h4-10,14,23H,1,11-13,15H2,2-3H3,(H,27,31). The smallest absolute Gasteiger partial charge is 0.322 e. The predicted molar refractivity (Wildman–Crippen MR) is 121 cm³/mol. The highest BCUT2D eigenvalue weighted by atomic mass is 19.1. The number of ether oxygens (including phenoxy) is 2. The average molecular weight is 451 g/mol. The molecule has 0 radical (unpaired) electrons. The fourth-order valence-corrected chi connectivity index (χ4v) is 4.26. The number of methoxy groups -OCH3 is 2. The van der Waals surface area contributed by atoms with Crippen LogP contribution in [0.2, 0.25) is 0 Å². The van der Waals surface area contributed by atoms with E-state index in [2.05, 4.69) is 11.9 Å². The third kappa shape index (κ3) is 4.28. The van der Waals surface area contributed by atoms with Gasteiger partial charge in [-0.1, -0.05) is 24.3 Å². The maximum absolute atomic E-state index is 13.5. The second kappa shape index (κ2) is 9.36. The van der Waals surface area contributed by atoms with Crippen LogP contribution in [0.1, 0.15) is 17.2 Å². The second-order valence-corrected chi connectivity index (χ2v) is 7.86. The van der Waals surface area contributed by atoms with Crippen LogP contribution in [-0.4, -0.2) is 55.6 Å². The van der Waals surface area contributed by atoms with Gasteiger partial charge in [-0.05, 0) is 41.8 Å². The average Bonchev–Trinajstić information content (AvgIpc) is 3.15. The molecule has 0 spiro atoms. The van der Waals surface area contributed by atoms with Crippen molar-refractivity contribution in [2.45, 2.75) is 12.5 Å². The molecule has 0 aromatic heterocycles. The molecule has 172 valence electrons. The number of carbonyl (C=O) groups is 2. The Hall–Kier alpha value is -3.81. The van der Waals surface area contributed by atoms with E-state index in [9.17, 15) is 14.0 Å². The van der Waals surface area contributed by atoms with Crippen molar-refractivity contribution in [1.29, 1.82) is 0 Å². The number of halogens is 1. The van der Waals surface area contributed by atoms with E-state index in [0.717, 1.165) is 5.56 Å². The lowest BCUT2D eigenvalue weighted by Gasteiger charge is -2.33. The Bertz CT molecular complexity index is 1110. The minimum absolute atomic E-state index is 0.145. The summed E-state index contributed by atoms with van der Waals surface area (Å²) in [5, 5.41) is 2.89. The van der Waals surface area contributed by atoms with Crippen molar-refractivity contribution in [2.75, 3.05) is 33.9 Å². The molecule has 8 heteroatoms. The molecule has 2 heterocycles. The van der Waals surface area contributed by atoms with Crippen LogP contribution in [0.4, 0.5) is 9.18 Å². The van der Waals surface area contributed by atoms with E-state index >= 15 is 0 Å². The summed E-state index contributed by atoms with van der Waals surface area (Å²) in [6.45, 7) is 4.80. The number of hydrogen-bond acceptors (Lipinski definition) is 4. The Morgan fingerprint density at radius 1 is 1.12 bits per heavy atom. The molecule has 1 N–H and O–H groups in total. The highest BCUT2D eigenvalue weighted by Crippen LogP contribution is 2.36. The first-order valence-electron chi connectivity index (χ1n) is 10.6. The topological polar surface area (TPSA) is 71.1 Å². The van der Waals surface area contributed by atoms with Crippen molar-refractivity contribution in [3.63, 3.8) is 0 Å². The first kappa shape index (κ1) is 22.4. The van der Waals surface area contributed by atoms with Gasteiger partial charge in [0.2, 0.25) is 0 Å². The van der Waals surface area contributed by atoms with E-state index in [1.54, 1.807) is 37.3 Å². The zero-order chi connectivity index (χ0) is 23.5. The van der Waals surface area contributed by atoms with Crippen LogP contribution in [-0.2, 0) is 11.2 Å². The Morgan fingerprint density at radius 3 is 2.52 bits per heavy atom. The molecule has 0 fully saturated rings. The Morgan fingerprint density at radius 2 is 1.85 bits per heavy atom. The molecular weight excluding hydrogens is 425 g/mol. The summed E-state index contributed by atoms with van der Waals surface area (Å²) in [6.07, 6.45) is 2.23. The fourth-order valence-electron chi connectivity index (χ4n) is 4.26. The zero-order valence-electron chi connectivity index (χ0n) is 18.6. The van der Waals surface area contributed by atoms with Crippen LogP contribution in [0.15, 0.2) is 66.4 Å². The molecule has 2 aliphatic rings. The van der Waals surface area contributed by atoms with E-state index in [4.69, 9.17) is 9.47 Å². The minimum Gasteiger partial charge on any atom is -0.493 e. The highest BCUT2D eigenvalue weighted by molar-refractivity contribution is 6.01. The fraction of sp³-hybridized carbons (Fsp3) is 0.280. The van der Waals surface area contributed by atoms with Crippen molar-refractivity contribution in [2.24, 2.45) is 0 Å². The van der Waals surface area contributed by atoms with Crippen molar-refractivity contribution < 1.29 is 23.5 Å². The van der Waals surface area contributed by atoms with Gasteiger partial charge in [0.15, 0.2) is 11.5 Å². The number of nitrogens with one attached hydrogen (secondary N) is 1. The number of nitrogens with zero attached hydrogens (tertiary/aromatic N) is 2. The summed E-state index contributed by atoms with van der Waals surface area (Å²) >= 11 is 0. The molecule has 0 saturated heterocycles. The van der Waals surface area contributed by atoms with Gasteiger partial charge < -0.3 is 19.7 Å². The van der Waals surface area contributed by atoms with Gasteiger partial charge in [0, 0.05) is 13.1 Å². The molecule has 0 bridgehead atoms. The van der Waals surface area contributed by atoms with Gasteiger partial charge in [-0.2, -0.15) is 0 Å². The normalized spacial score (nSPS) is 17.7. The van der Waals surface area contributed by atoms with Gasteiger partial charge in [-0.15, -0.1) is 6.58 Å². The maximum atomic E-state index is 13.5. The summed E-state index contributed by atoms with van der Waals surface area (Å²) < 4.78 is 24.1. The molecule has 0 saturated carbocycles. The Kier molecular flexibility index (Phi) is 6.35. The SMILES string of the molecule is C=CCN1C(=O)NC(c2ccc(F)cc2)C2=C1CN(CCc1ccc(OC)c(OC)c1)C2=O. The van der Waals surface area contributed by atoms with Gasteiger partial charge in [-0.3, -0.25) is 9.69 Å². The lowest BCUT2D eigenvalue weighted by Crippen LogP contribution is -2.47. The van der Waals surface area contributed by atoms with Gasteiger partial charge in [0.25, 0.3) is 5.91 Å². The lowest BCUT2D eigenvalue weighted by atomic mass is 9.95. The van der Waals surface area contributed by atoms with Crippen LogP contribution < -0.4 is 14.8 Å². The molecule has 1 atom stereocenters. The summed E-state index contributed by atoms with van der Waals surface area (Å²) in [6, 6.07) is 10.6. The molecule has 33 heavy (non-hydrogen) atoms. The van der Waals surface area contributed by atoms with Gasteiger partial charge in [-0.25, -0.2) is 9.18 Å². The van der Waals surface area contributed by atoms with E-state index < -0.39 is 6.04 Å². The van der Waals surface area contributed by atoms with Crippen LogP contribution >= 0.6 is 0 Å². The van der Waals surface area contributed by atoms with Gasteiger partial charge >= 0.3 is 6.03 Å². The maximum Gasteiger partial charge on any atom is 0.322 e. The van der Waals surface area contributed by atoms with Crippen molar-refractivity contribution in [3.8, 4) is 11.5 Å². The number of urea groups is 1. The van der Waals surface area contributed by atoms with Crippen LogP contribution in [0, 0.1) is 5.82 Å². The van der Waals surface area contributed by atoms with E-state index in [1.807, 2.05) is 18.2 Å². The Labute approximate surface area is 192 Å². The summed E-state index contributed by atoms with van der Waals surface area (Å²) in [5.74, 6) is 0.748. The molecule has 0 aliphatic carbocycles. The number of rotatable bonds is 8. The van der Waals surface area contributed by atoms with Crippen molar-refractivity contribution in [1.82, 2.24) is 15.1 Å². The summed E-state index contributed by atoms with van der Waals surface area (Å²) in [7, 11) is 3.16. The number of amides is 3. The third-order valence-corrected chi connectivity index (χ3v) is 5.93. The third-order valence-electron chi connectivity index (χ3n) is 5.93. The number of benzene rings is 2. The van der Waals surface area contributed by atoms with E-state index in [-0.39, 0.29) is 24.3 Å². The van der Waals surface area contributed by atoms with Crippen molar-refractivity contribution >= 4 is 11.9 Å². The van der Waals surface area contributed by atoms with Crippen LogP contribution in [0.25, 0.3) is 0 Å².